The van der Waals surface area contributed by atoms with Crippen molar-refractivity contribution in [3.63, 3.8) is 0 Å². The second-order valence-electron chi connectivity index (χ2n) is 9.26. The second kappa shape index (κ2) is 11.1. The first-order valence-corrected chi connectivity index (χ1v) is 12.5. The molecule has 0 spiro atoms. The lowest BCUT2D eigenvalue weighted by atomic mass is 9.96. The zero-order valence-corrected chi connectivity index (χ0v) is 22.4. The number of hydrogen-bond acceptors (Lipinski definition) is 7. The molecular weight excluding hydrogens is 547 g/mol. The molecule has 42 heavy (non-hydrogen) atoms. The molecule has 0 unspecified atom stereocenters. The normalized spacial score (nSPS) is 10.9. The zero-order chi connectivity index (χ0) is 30.1. The van der Waals surface area contributed by atoms with Gasteiger partial charge in [-0.05, 0) is 54.5 Å². The van der Waals surface area contributed by atoms with Crippen LogP contribution in [0.5, 0.6) is 11.8 Å². The zero-order valence-electron chi connectivity index (χ0n) is 22.4. The molecule has 5 aromatic rings. The quantitative estimate of drug-likeness (QED) is 0.248. The highest BCUT2D eigenvalue weighted by molar-refractivity contribution is 6.10. The molecule has 0 aliphatic rings. The predicted molar refractivity (Wildman–Crippen MR) is 149 cm³/mol. The highest BCUT2D eigenvalue weighted by atomic mass is 19.1. The molecule has 0 saturated carbocycles. The van der Waals surface area contributed by atoms with Crippen LogP contribution in [0.2, 0.25) is 0 Å². The monoisotopic (exact) mass is 569 g/mol. The Balaban J connectivity index is 1.72. The Bertz CT molecular complexity index is 1920. The van der Waals surface area contributed by atoms with Gasteiger partial charge in [-0.25, -0.2) is 28.1 Å². The number of anilines is 1. The molecule has 3 heterocycles. The number of nitrogens with two attached hydrogens (primary N) is 1. The first kappa shape index (κ1) is 27.9. The van der Waals surface area contributed by atoms with E-state index < -0.39 is 28.9 Å². The molecule has 0 aliphatic carbocycles. The number of hydrogen-bond donors (Lipinski definition) is 2. The van der Waals surface area contributed by atoms with Crippen LogP contribution in [0.4, 0.5) is 19.0 Å². The van der Waals surface area contributed by atoms with E-state index >= 15 is 13.2 Å². The van der Waals surface area contributed by atoms with Crippen LogP contribution in [0.25, 0.3) is 33.3 Å². The number of pyridine rings is 1. The van der Waals surface area contributed by atoms with Gasteiger partial charge in [0.25, 0.3) is 0 Å². The number of nitrogens with one attached hydrogen (secondary N) is 1. The lowest BCUT2D eigenvalue weighted by Crippen LogP contribution is -2.20. The second-order valence-corrected chi connectivity index (χ2v) is 9.26. The van der Waals surface area contributed by atoms with Gasteiger partial charge >= 0.3 is 6.01 Å². The number of halogens is 3. The van der Waals surface area contributed by atoms with Crippen LogP contribution in [0.15, 0.2) is 61.4 Å². The smallest absolute Gasteiger partial charge is 0.322 e. The molecule has 3 N–H and O–H groups in total. The summed E-state index contributed by atoms with van der Waals surface area (Å²) >= 11 is 0. The van der Waals surface area contributed by atoms with Crippen LogP contribution in [0.1, 0.15) is 16.8 Å². The van der Waals surface area contributed by atoms with E-state index in [1.807, 2.05) is 6.07 Å². The molecule has 1 amide bonds. The summed E-state index contributed by atoms with van der Waals surface area (Å²) in [5.74, 6) is -3.43. The third kappa shape index (κ3) is 4.99. The van der Waals surface area contributed by atoms with E-state index in [1.165, 1.54) is 36.1 Å². The fourth-order valence-corrected chi connectivity index (χ4v) is 4.69. The summed E-state index contributed by atoms with van der Waals surface area (Å²) in [6.07, 6.45) is 3.76. The number of carbonyl (C=O) groups excluding carboxylic acids is 1. The number of aryl methyl sites for hydroxylation is 2. The third-order valence-corrected chi connectivity index (χ3v) is 6.54. The van der Waals surface area contributed by atoms with Gasteiger partial charge in [0.15, 0.2) is 11.6 Å². The average molecular weight is 570 g/mol. The molecule has 0 saturated heterocycles. The SMILES string of the molecule is C=CC(=O)NCc1cc(F)c(-c2c(-c3ccc(Oc4nccc(C)n4)c(F)c3)c3c(N)ncc(C#N)c3n2C)c(F)c1. The first-order chi connectivity index (χ1) is 20.1. The topological polar surface area (TPSA) is 132 Å². The molecule has 0 bridgehead atoms. The molecule has 0 radical (unpaired) electrons. The Labute approximate surface area is 237 Å². The van der Waals surface area contributed by atoms with E-state index in [1.54, 1.807) is 13.0 Å². The fraction of sp³-hybridized carbons (Fsp3) is 0.100. The summed E-state index contributed by atoms with van der Waals surface area (Å²) in [5.41, 5.74) is 7.26. The molecule has 0 atom stereocenters. The average Bonchev–Trinajstić information content (AvgIpc) is 3.26. The number of carbonyl (C=O) groups is 1. The summed E-state index contributed by atoms with van der Waals surface area (Å²) < 4.78 is 53.8. The summed E-state index contributed by atoms with van der Waals surface area (Å²) in [4.78, 5) is 23.7. The number of rotatable bonds is 7. The number of nitrogen functional groups attached to an aromatic ring is 1. The van der Waals surface area contributed by atoms with Crippen LogP contribution in [-0.4, -0.2) is 25.4 Å². The Morgan fingerprint density at radius 1 is 1.14 bits per heavy atom. The Hall–Kier alpha value is -5.70. The number of nitrogens with zero attached hydrogens (tertiary/aromatic N) is 5. The van der Waals surface area contributed by atoms with E-state index in [0.717, 1.165) is 24.3 Å². The number of aromatic nitrogens is 4. The minimum atomic E-state index is -0.952. The van der Waals surface area contributed by atoms with Crippen LogP contribution >= 0.6 is 0 Å². The van der Waals surface area contributed by atoms with Crippen molar-refractivity contribution < 1.29 is 22.7 Å². The molecular formula is C30H22F3N7O2. The summed E-state index contributed by atoms with van der Waals surface area (Å²) in [6.45, 7) is 4.93. The van der Waals surface area contributed by atoms with E-state index in [0.29, 0.717) is 5.69 Å². The molecule has 210 valence electrons. The minimum Gasteiger partial charge on any atom is -0.421 e. The van der Waals surface area contributed by atoms with Crippen LogP contribution in [0.3, 0.4) is 0 Å². The maximum Gasteiger partial charge on any atom is 0.322 e. The maximum atomic E-state index is 15.7. The third-order valence-electron chi connectivity index (χ3n) is 6.54. The van der Waals surface area contributed by atoms with Crippen LogP contribution in [-0.2, 0) is 18.4 Å². The molecule has 5 rings (SSSR count). The largest absolute Gasteiger partial charge is 0.421 e. The van der Waals surface area contributed by atoms with Crippen molar-refractivity contribution in [3.8, 4) is 40.2 Å². The number of fused-ring (bicyclic) bond motifs is 1. The Morgan fingerprint density at radius 3 is 2.52 bits per heavy atom. The number of amides is 1. The number of benzene rings is 2. The Kier molecular flexibility index (Phi) is 7.33. The van der Waals surface area contributed by atoms with Crippen LogP contribution in [0, 0.1) is 35.7 Å². The van der Waals surface area contributed by atoms with Crippen molar-refractivity contribution in [1.82, 2.24) is 24.8 Å². The van der Waals surface area contributed by atoms with Gasteiger partial charge in [-0.1, -0.05) is 12.6 Å². The highest BCUT2D eigenvalue weighted by Gasteiger charge is 2.28. The van der Waals surface area contributed by atoms with Gasteiger partial charge < -0.3 is 20.4 Å². The molecule has 0 aliphatic heterocycles. The maximum absolute atomic E-state index is 15.7. The van der Waals surface area contributed by atoms with Crippen molar-refractivity contribution >= 4 is 22.6 Å². The van der Waals surface area contributed by atoms with Crippen molar-refractivity contribution in [3.05, 3.63) is 95.7 Å². The van der Waals surface area contributed by atoms with Crippen molar-refractivity contribution in [2.45, 2.75) is 13.5 Å². The summed E-state index contributed by atoms with van der Waals surface area (Å²) in [5, 5.41) is 12.5. The van der Waals surface area contributed by atoms with Gasteiger partial charge in [0, 0.05) is 37.2 Å². The minimum absolute atomic E-state index is 0.00652. The molecule has 3 aromatic heterocycles. The molecule has 12 heteroatoms. The van der Waals surface area contributed by atoms with Gasteiger partial charge in [0.05, 0.1) is 27.7 Å². The van der Waals surface area contributed by atoms with Gasteiger partial charge in [-0.2, -0.15) is 5.26 Å². The highest BCUT2D eigenvalue weighted by Crippen LogP contribution is 2.45. The predicted octanol–water partition coefficient (Wildman–Crippen LogP) is 5.47. The van der Waals surface area contributed by atoms with Crippen molar-refractivity contribution in [1.29, 1.82) is 5.26 Å². The van der Waals surface area contributed by atoms with Crippen molar-refractivity contribution in [2.24, 2.45) is 7.05 Å². The van der Waals surface area contributed by atoms with E-state index in [9.17, 15) is 10.1 Å². The number of nitriles is 1. The molecule has 2 aromatic carbocycles. The standard InChI is InChI=1S/C30H22F3N7O2/c1-4-23(41)37-13-16-9-20(32)25(21(33)10-16)28-24(26-27(40(28)3)18(12-34)14-38-29(26)35)17-5-6-22(19(31)11-17)42-30-36-8-7-15(2)39-30/h4-11,14H,1,13H2,2-3H3,(H2,35,38)(H,37,41). The van der Waals surface area contributed by atoms with E-state index in [4.69, 9.17) is 10.5 Å². The summed E-state index contributed by atoms with van der Waals surface area (Å²) in [6, 6.07) is 9.71. The van der Waals surface area contributed by atoms with Gasteiger partial charge in [0.2, 0.25) is 5.91 Å². The molecule has 9 nitrogen and oxygen atoms in total. The van der Waals surface area contributed by atoms with Gasteiger partial charge in [-0.15, -0.1) is 0 Å². The van der Waals surface area contributed by atoms with Gasteiger partial charge in [0.1, 0.15) is 23.5 Å². The lowest BCUT2D eigenvalue weighted by molar-refractivity contribution is -0.116. The Morgan fingerprint density at radius 2 is 1.88 bits per heavy atom. The van der Waals surface area contributed by atoms with Crippen LogP contribution < -0.4 is 15.8 Å². The molecule has 0 fully saturated rings. The van der Waals surface area contributed by atoms with E-state index in [2.05, 4.69) is 26.8 Å². The van der Waals surface area contributed by atoms with Crippen molar-refractivity contribution in [2.75, 3.05) is 5.73 Å². The van der Waals surface area contributed by atoms with Gasteiger partial charge in [-0.3, -0.25) is 4.79 Å². The number of ether oxygens (including phenoxy) is 1. The first-order valence-electron chi connectivity index (χ1n) is 12.5. The summed E-state index contributed by atoms with van der Waals surface area (Å²) in [7, 11) is 1.52. The lowest BCUT2D eigenvalue weighted by Gasteiger charge is -2.14. The fourth-order valence-electron chi connectivity index (χ4n) is 4.69. The van der Waals surface area contributed by atoms with E-state index in [-0.39, 0.29) is 63.0 Å².